The summed E-state index contributed by atoms with van der Waals surface area (Å²) in [4.78, 5) is 9.94. The van der Waals surface area contributed by atoms with Gasteiger partial charge >= 0.3 is 0 Å². The maximum atomic E-state index is 5.10. The minimum Gasteiger partial charge on any atom is -0.253 e. The molecule has 0 atom stereocenters. The Morgan fingerprint density at radius 2 is 1.48 bits per heavy atom. The molecule has 0 unspecified atom stereocenters. The molecule has 0 saturated carbocycles. The van der Waals surface area contributed by atoms with Crippen molar-refractivity contribution in [1.82, 2.24) is 4.98 Å². The zero-order valence-electron chi connectivity index (χ0n) is 25.7. The Labute approximate surface area is 251 Å². The van der Waals surface area contributed by atoms with Crippen molar-refractivity contribution < 1.29 is 0 Å². The molecular formula is C40H40N2. The second kappa shape index (κ2) is 13.7. The summed E-state index contributed by atoms with van der Waals surface area (Å²) in [6.07, 6.45) is 9.74. The lowest BCUT2D eigenvalue weighted by atomic mass is 9.92. The summed E-state index contributed by atoms with van der Waals surface area (Å²) in [7, 11) is 0. The van der Waals surface area contributed by atoms with Crippen molar-refractivity contribution in [3.05, 3.63) is 139 Å². The van der Waals surface area contributed by atoms with Crippen LogP contribution in [0.4, 0.5) is 5.69 Å². The highest BCUT2D eigenvalue weighted by Crippen LogP contribution is 2.38. The number of aromatic nitrogens is 1. The topological polar surface area (TPSA) is 25.2 Å². The normalized spacial score (nSPS) is 12.0. The van der Waals surface area contributed by atoms with E-state index in [1.807, 2.05) is 32.9 Å². The average Bonchev–Trinajstić information content (AvgIpc) is 3.02. The predicted molar refractivity (Wildman–Crippen MR) is 187 cm³/mol. The molecule has 0 N–H and O–H groups in total. The summed E-state index contributed by atoms with van der Waals surface area (Å²) in [5, 5.41) is 2.33. The van der Waals surface area contributed by atoms with E-state index < -0.39 is 0 Å². The summed E-state index contributed by atoms with van der Waals surface area (Å²) in [6.45, 7) is 20.0. The van der Waals surface area contributed by atoms with Gasteiger partial charge in [-0.05, 0) is 79.3 Å². The number of pyridine rings is 1. The van der Waals surface area contributed by atoms with Gasteiger partial charge in [0.25, 0.3) is 0 Å². The molecular weight excluding hydrogens is 508 g/mol. The molecule has 0 saturated heterocycles. The summed E-state index contributed by atoms with van der Waals surface area (Å²) in [5.41, 5.74) is 13.2. The molecule has 0 bridgehead atoms. The zero-order valence-corrected chi connectivity index (χ0v) is 25.7. The van der Waals surface area contributed by atoms with E-state index in [4.69, 9.17) is 9.98 Å². The van der Waals surface area contributed by atoms with Gasteiger partial charge in [-0.1, -0.05) is 118 Å². The number of nitrogens with zero attached hydrogens (tertiary/aromatic N) is 2. The highest BCUT2D eigenvalue weighted by molar-refractivity contribution is 6.11. The number of fused-ring (bicyclic) bond motifs is 2. The molecule has 5 aromatic rings. The molecule has 4 aromatic carbocycles. The first-order valence-corrected chi connectivity index (χ1v) is 14.6. The van der Waals surface area contributed by atoms with Crippen molar-refractivity contribution in [3.63, 3.8) is 0 Å². The van der Waals surface area contributed by atoms with Crippen molar-refractivity contribution >= 4 is 39.3 Å². The quantitative estimate of drug-likeness (QED) is 0.113. The molecule has 5 rings (SSSR count). The van der Waals surface area contributed by atoms with Crippen molar-refractivity contribution in [2.75, 3.05) is 0 Å². The van der Waals surface area contributed by atoms with Crippen LogP contribution in [0.25, 0.3) is 50.1 Å². The Kier molecular flexibility index (Phi) is 9.83. The van der Waals surface area contributed by atoms with Crippen LogP contribution in [-0.4, -0.2) is 10.7 Å². The molecule has 0 radical (unpaired) electrons. The van der Waals surface area contributed by atoms with E-state index in [2.05, 4.69) is 125 Å². The zero-order chi connectivity index (χ0) is 30.2. The Morgan fingerprint density at radius 1 is 0.786 bits per heavy atom. The number of hydrogen-bond acceptors (Lipinski definition) is 2. The number of para-hydroxylation sites is 1. The summed E-state index contributed by atoms with van der Waals surface area (Å²) in [5.74, 6) is 0. The van der Waals surface area contributed by atoms with E-state index in [1.54, 1.807) is 6.08 Å². The van der Waals surface area contributed by atoms with Gasteiger partial charge in [-0.2, -0.15) is 0 Å². The van der Waals surface area contributed by atoms with Crippen LogP contribution in [0.5, 0.6) is 0 Å². The van der Waals surface area contributed by atoms with Gasteiger partial charge in [-0.3, -0.25) is 4.99 Å². The van der Waals surface area contributed by atoms with Gasteiger partial charge in [-0.25, -0.2) is 4.98 Å². The van der Waals surface area contributed by atoms with E-state index in [9.17, 15) is 0 Å². The Bertz CT molecular complexity index is 1850. The van der Waals surface area contributed by atoms with Crippen LogP contribution in [0.15, 0.2) is 127 Å². The predicted octanol–water partition coefficient (Wildman–Crippen LogP) is 11.8. The van der Waals surface area contributed by atoms with Crippen molar-refractivity contribution in [2.45, 2.75) is 41.5 Å². The molecule has 0 amide bonds. The van der Waals surface area contributed by atoms with Crippen molar-refractivity contribution in [2.24, 2.45) is 4.99 Å². The van der Waals surface area contributed by atoms with Crippen LogP contribution in [0.1, 0.15) is 44.4 Å². The maximum Gasteiger partial charge on any atom is 0.0790 e. The van der Waals surface area contributed by atoms with Crippen LogP contribution < -0.4 is 0 Å². The van der Waals surface area contributed by atoms with Crippen LogP contribution >= 0.6 is 0 Å². The highest BCUT2D eigenvalue weighted by atomic mass is 14.7. The first-order valence-electron chi connectivity index (χ1n) is 14.6. The van der Waals surface area contributed by atoms with E-state index in [-0.39, 0.29) is 0 Å². The van der Waals surface area contributed by atoms with Gasteiger partial charge in [0.15, 0.2) is 0 Å². The largest absolute Gasteiger partial charge is 0.253 e. The van der Waals surface area contributed by atoms with Gasteiger partial charge in [0, 0.05) is 27.6 Å². The molecule has 1 heterocycles. The fourth-order valence-electron chi connectivity index (χ4n) is 5.27. The molecule has 2 heteroatoms. The van der Waals surface area contributed by atoms with Gasteiger partial charge in [0.2, 0.25) is 0 Å². The van der Waals surface area contributed by atoms with Crippen LogP contribution in [0.2, 0.25) is 0 Å². The lowest BCUT2D eigenvalue weighted by molar-refractivity contribution is 1.38. The lowest BCUT2D eigenvalue weighted by Crippen LogP contribution is -1.94. The first kappa shape index (κ1) is 30.1. The second-order valence-corrected chi connectivity index (χ2v) is 10.0. The standard InChI is InChI=1S/C38H34N2.C2H6/c1-7-12-28(9-3)27(6)39-35-23-21-31(24-26(35)5)29-17-19-30(20-18-29)37-33-14-10-11-15-36(33)40-38-32(13-8-2)25(4)16-22-34(37)38;1-2/h7-24H,1,3H2,2,4-6H3;1-2H3/b13-8-,28-12+,39-27?;. The Hall–Kier alpha value is -4.82. The van der Waals surface area contributed by atoms with Crippen LogP contribution in [0.3, 0.4) is 0 Å². The number of benzene rings is 4. The van der Waals surface area contributed by atoms with Crippen molar-refractivity contribution in [1.29, 1.82) is 0 Å². The minimum absolute atomic E-state index is 0.916. The fraction of sp³-hybridized carbons (Fsp3) is 0.150. The third-order valence-electron chi connectivity index (χ3n) is 7.37. The molecule has 0 spiro atoms. The fourth-order valence-corrected chi connectivity index (χ4v) is 5.27. The van der Waals surface area contributed by atoms with Gasteiger partial charge in [0.1, 0.15) is 0 Å². The van der Waals surface area contributed by atoms with E-state index >= 15 is 0 Å². The smallest absolute Gasteiger partial charge is 0.0790 e. The third-order valence-corrected chi connectivity index (χ3v) is 7.37. The van der Waals surface area contributed by atoms with E-state index in [0.717, 1.165) is 39.0 Å². The van der Waals surface area contributed by atoms with Crippen LogP contribution in [-0.2, 0) is 0 Å². The molecule has 210 valence electrons. The SMILES string of the molecule is C=C/C=C(\C=C)C(C)=Nc1ccc(-c2ccc(-c3c4ccccc4nc4c(/C=C\C)c(C)ccc34)cc2)cc1C.CC. The number of aryl methyl sites for hydroxylation is 2. The molecule has 2 nitrogen and oxygen atoms in total. The summed E-state index contributed by atoms with van der Waals surface area (Å²) < 4.78 is 0. The first-order chi connectivity index (χ1) is 20.4. The van der Waals surface area contributed by atoms with E-state index in [1.165, 1.54) is 38.8 Å². The number of hydrogen-bond donors (Lipinski definition) is 0. The number of aliphatic imine (C=N–C) groups is 1. The monoisotopic (exact) mass is 548 g/mol. The van der Waals surface area contributed by atoms with E-state index in [0.29, 0.717) is 0 Å². The van der Waals surface area contributed by atoms with Gasteiger partial charge in [-0.15, -0.1) is 0 Å². The van der Waals surface area contributed by atoms with Crippen LogP contribution in [0, 0.1) is 13.8 Å². The minimum atomic E-state index is 0.916. The van der Waals surface area contributed by atoms with Crippen molar-refractivity contribution in [3.8, 4) is 22.3 Å². The third kappa shape index (κ3) is 6.09. The van der Waals surface area contributed by atoms with Gasteiger partial charge in [0.05, 0.1) is 16.7 Å². The molecule has 0 aliphatic carbocycles. The molecule has 42 heavy (non-hydrogen) atoms. The molecule has 0 aliphatic heterocycles. The molecule has 1 aromatic heterocycles. The Morgan fingerprint density at radius 3 is 2.14 bits per heavy atom. The number of rotatable bonds is 7. The van der Waals surface area contributed by atoms with Gasteiger partial charge < -0.3 is 0 Å². The maximum absolute atomic E-state index is 5.10. The number of allylic oxidation sites excluding steroid dienone is 5. The second-order valence-electron chi connectivity index (χ2n) is 10.0. The summed E-state index contributed by atoms with van der Waals surface area (Å²) in [6, 6.07) is 28.2. The average molecular weight is 549 g/mol. The molecule has 0 fully saturated rings. The lowest BCUT2D eigenvalue weighted by Gasteiger charge is -2.15. The summed E-state index contributed by atoms with van der Waals surface area (Å²) >= 11 is 0. The highest BCUT2D eigenvalue weighted by Gasteiger charge is 2.14. The Balaban J connectivity index is 0.00000198. The molecule has 0 aliphatic rings.